The molecule has 0 aliphatic heterocycles. The Hall–Kier alpha value is -1.53. The quantitative estimate of drug-likeness (QED) is 0.839. The lowest BCUT2D eigenvalue weighted by atomic mass is 10.3. The van der Waals surface area contributed by atoms with Gasteiger partial charge in [0.05, 0.1) is 12.2 Å². The minimum atomic E-state index is -4.15. The molecule has 0 unspecified atom stereocenters. The number of nitrogens with zero attached hydrogens (tertiary/aromatic N) is 2. The molecule has 1 aliphatic carbocycles. The monoisotopic (exact) mass is 275 g/mol. The fourth-order valence-corrected chi connectivity index (χ4v) is 1.64. The summed E-state index contributed by atoms with van der Waals surface area (Å²) in [6.07, 6.45) is -3.05. The van der Waals surface area contributed by atoms with Crippen LogP contribution in [0.15, 0.2) is 0 Å². The van der Waals surface area contributed by atoms with E-state index in [0.717, 1.165) is 12.8 Å². The molecule has 1 aromatic rings. The summed E-state index contributed by atoms with van der Waals surface area (Å²) < 4.78 is 41.3. The third kappa shape index (κ3) is 3.97. The smallest absolute Gasteiger partial charge is 0.389 e. The zero-order valence-corrected chi connectivity index (χ0v) is 10.6. The first-order valence-corrected chi connectivity index (χ1v) is 6.20. The van der Waals surface area contributed by atoms with E-state index in [1.807, 2.05) is 0 Å². The maximum atomic E-state index is 12.0. The van der Waals surface area contributed by atoms with E-state index in [1.165, 1.54) is 0 Å². The molecule has 0 spiro atoms. The van der Waals surface area contributed by atoms with Crippen LogP contribution >= 0.6 is 0 Å². The first-order chi connectivity index (χ1) is 8.87. The van der Waals surface area contributed by atoms with Crippen molar-refractivity contribution < 1.29 is 17.9 Å². The van der Waals surface area contributed by atoms with Gasteiger partial charge in [-0.15, -0.1) is 0 Å². The average Bonchev–Trinajstić information content (AvgIpc) is 3.12. The predicted octanol–water partition coefficient (Wildman–Crippen LogP) is 2.97. The second kappa shape index (κ2) is 5.22. The summed E-state index contributed by atoms with van der Waals surface area (Å²) >= 11 is 0. The molecule has 0 bridgehead atoms. The molecule has 106 valence electrons. The van der Waals surface area contributed by atoms with Crippen molar-refractivity contribution in [1.29, 1.82) is 0 Å². The van der Waals surface area contributed by atoms with Crippen molar-refractivity contribution in [3.63, 3.8) is 0 Å². The Morgan fingerprint density at radius 2 is 2.00 bits per heavy atom. The minimum absolute atomic E-state index is 0.0269. The summed E-state index contributed by atoms with van der Waals surface area (Å²) in [6, 6.07) is 0. The van der Waals surface area contributed by atoms with Gasteiger partial charge in [-0.05, 0) is 26.2 Å². The lowest BCUT2D eigenvalue weighted by Gasteiger charge is -2.11. The van der Waals surface area contributed by atoms with Crippen LogP contribution in [0.25, 0.3) is 0 Å². The number of alkyl halides is 3. The van der Waals surface area contributed by atoms with Crippen LogP contribution in [0.1, 0.15) is 43.0 Å². The molecule has 1 fully saturated rings. The molecule has 1 heterocycles. The van der Waals surface area contributed by atoms with Gasteiger partial charge in [0.1, 0.15) is 11.6 Å². The summed E-state index contributed by atoms with van der Waals surface area (Å²) in [4.78, 5) is 8.40. The maximum Gasteiger partial charge on any atom is 0.389 e. The number of hydrogen-bond acceptors (Lipinski definition) is 4. The first-order valence-electron chi connectivity index (χ1n) is 6.20. The van der Waals surface area contributed by atoms with Crippen LogP contribution in [0.5, 0.6) is 5.88 Å². The summed E-state index contributed by atoms with van der Waals surface area (Å²) in [6.45, 7) is 1.67. The van der Waals surface area contributed by atoms with E-state index in [2.05, 4.69) is 9.97 Å². The third-order valence-electron chi connectivity index (χ3n) is 2.94. The number of nitrogens with two attached hydrogens (primary N) is 1. The highest BCUT2D eigenvalue weighted by Crippen LogP contribution is 2.39. The number of aromatic nitrogens is 2. The SMILES string of the molecule is Cc1c(N)nc(C2CC2)nc1OCCCC(F)(F)F. The molecule has 0 amide bonds. The van der Waals surface area contributed by atoms with Crippen LogP contribution in [0.2, 0.25) is 0 Å². The Bertz CT molecular complexity index is 458. The Labute approximate surface area is 109 Å². The number of rotatable bonds is 5. The maximum absolute atomic E-state index is 12.0. The van der Waals surface area contributed by atoms with E-state index in [-0.39, 0.29) is 13.0 Å². The number of nitrogen functional groups attached to an aromatic ring is 1. The largest absolute Gasteiger partial charge is 0.477 e. The lowest BCUT2D eigenvalue weighted by molar-refractivity contribution is -0.136. The number of hydrogen-bond donors (Lipinski definition) is 1. The van der Waals surface area contributed by atoms with E-state index >= 15 is 0 Å². The standard InChI is InChI=1S/C12H16F3N3O/c1-7-9(16)17-10(8-3-4-8)18-11(7)19-6-2-5-12(13,14)15/h8H,2-6H2,1H3,(H2,16,17,18). The Morgan fingerprint density at radius 3 is 2.58 bits per heavy atom. The summed E-state index contributed by atoms with van der Waals surface area (Å²) in [5.74, 6) is 1.59. The number of ether oxygens (including phenoxy) is 1. The molecule has 7 heteroatoms. The molecule has 0 radical (unpaired) electrons. The van der Waals surface area contributed by atoms with Crippen LogP contribution in [-0.2, 0) is 0 Å². The van der Waals surface area contributed by atoms with E-state index in [0.29, 0.717) is 29.0 Å². The van der Waals surface area contributed by atoms with Crippen LogP contribution in [0, 0.1) is 6.92 Å². The Kier molecular flexibility index (Phi) is 3.82. The molecule has 0 saturated heterocycles. The molecule has 4 nitrogen and oxygen atoms in total. The van der Waals surface area contributed by atoms with Gasteiger partial charge in [-0.1, -0.05) is 0 Å². The Balaban J connectivity index is 1.95. The van der Waals surface area contributed by atoms with Gasteiger partial charge in [0.25, 0.3) is 0 Å². The predicted molar refractivity (Wildman–Crippen MR) is 63.9 cm³/mol. The Morgan fingerprint density at radius 1 is 1.32 bits per heavy atom. The van der Waals surface area contributed by atoms with E-state index in [1.54, 1.807) is 6.92 Å². The van der Waals surface area contributed by atoms with Crippen molar-refractivity contribution in [3.05, 3.63) is 11.4 Å². The van der Waals surface area contributed by atoms with Gasteiger partial charge in [-0.25, -0.2) is 4.98 Å². The molecule has 19 heavy (non-hydrogen) atoms. The van der Waals surface area contributed by atoms with Gasteiger partial charge >= 0.3 is 6.18 Å². The lowest BCUT2D eigenvalue weighted by Crippen LogP contribution is -2.11. The molecule has 1 aliphatic rings. The van der Waals surface area contributed by atoms with Gasteiger partial charge in [0, 0.05) is 12.3 Å². The fourth-order valence-electron chi connectivity index (χ4n) is 1.64. The molecular weight excluding hydrogens is 259 g/mol. The van der Waals surface area contributed by atoms with Crippen molar-refractivity contribution >= 4 is 5.82 Å². The third-order valence-corrected chi connectivity index (χ3v) is 2.94. The van der Waals surface area contributed by atoms with Crippen LogP contribution in [0.3, 0.4) is 0 Å². The van der Waals surface area contributed by atoms with Crippen LogP contribution < -0.4 is 10.5 Å². The highest BCUT2D eigenvalue weighted by atomic mass is 19.4. The topological polar surface area (TPSA) is 61.0 Å². The van der Waals surface area contributed by atoms with Gasteiger partial charge in [0.2, 0.25) is 5.88 Å². The van der Waals surface area contributed by atoms with Gasteiger partial charge in [-0.2, -0.15) is 18.2 Å². The fraction of sp³-hybridized carbons (Fsp3) is 0.667. The molecule has 0 aromatic carbocycles. The average molecular weight is 275 g/mol. The normalized spacial score (nSPS) is 15.6. The van der Waals surface area contributed by atoms with Crippen molar-refractivity contribution in [1.82, 2.24) is 9.97 Å². The number of halogens is 3. The number of anilines is 1. The summed E-state index contributed by atoms with van der Waals surface area (Å²) in [7, 11) is 0. The van der Waals surface area contributed by atoms with Gasteiger partial charge in [0.15, 0.2) is 0 Å². The highest BCUT2D eigenvalue weighted by Gasteiger charge is 2.28. The van der Waals surface area contributed by atoms with Crippen molar-refractivity contribution in [3.8, 4) is 5.88 Å². The second-order valence-electron chi connectivity index (χ2n) is 4.74. The summed E-state index contributed by atoms with van der Waals surface area (Å²) in [5, 5.41) is 0. The van der Waals surface area contributed by atoms with Gasteiger partial charge in [-0.3, -0.25) is 0 Å². The first kappa shape index (κ1) is 13.9. The van der Waals surface area contributed by atoms with Crippen LogP contribution in [-0.4, -0.2) is 22.8 Å². The van der Waals surface area contributed by atoms with E-state index in [4.69, 9.17) is 10.5 Å². The molecule has 1 aromatic heterocycles. The van der Waals surface area contributed by atoms with Gasteiger partial charge < -0.3 is 10.5 Å². The minimum Gasteiger partial charge on any atom is -0.477 e. The van der Waals surface area contributed by atoms with Crippen molar-refractivity contribution in [2.24, 2.45) is 0 Å². The van der Waals surface area contributed by atoms with Crippen molar-refractivity contribution in [2.45, 2.75) is 44.7 Å². The summed E-state index contributed by atoms with van der Waals surface area (Å²) in [5.41, 5.74) is 6.33. The molecule has 1 saturated carbocycles. The van der Waals surface area contributed by atoms with Crippen LogP contribution in [0.4, 0.5) is 19.0 Å². The van der Waals surface area contributed by atoms with E-state index < -0.39 is 12.6 Å². The molecule has 2 N–H and O–H groups in total. The molecular formula is C12H16F3N3O. The second-order valence-corrected chi connectivity index (χ2v) is 4.74. The molecule has 0 atom stereocenters. The highest BCUT2D eigenvalue weighted by molar-refractivity contribution is 5.45. The zero-order chi connectivity index (χ0) is 14.0. The molecule has 2 rings (SSSR count). The zero-order valence-electron chi connectivity index (χ0n) is 10.6. The van der Waals surface area contributed by atoms with E-state index in [9.17, 15) is 13.2 Å². The van der Waals surface area contributed by atoms with Crippen molar-refractivity contribution in [2.75, 3.05) is 12.3 Å².